The number of hydrogen-bond acceptors (Lipinski definition) is 2. The van der Waals surface area contributed by atoms with Gasteiger partial charge >= 0.3 is 0 Å². The first-order chi connectivity index (χ1) is 7.74. The third-order valence-corrected chi connectivity index (χ3v) is 3.03. The summed E-state index contributed by atoms with van der Waals surface area (Å²) in [5, 5.41) is 3.19. The van der Waals surface area contributed by atoms with E-state index in [0.29, 0.717) is 12.1 Å². The summed E-state index contributed by atoms with van der Waals surface area (Å²) in [5.41, 5.74) is 0.450. The molecule has 0 unspecified atom stereocenters. The van der Waals surface area contributed by atoms with Crippen LogP contribution >= 0.6 is 0 Å². The molecule has 1 fully saturated rings. The van der Waals surface area contributed by atoms with Crippen LogP contribution in [-0.4, -0.2) is 20.2 Å². The number of piperidine rings is 1. The number of hydrogen-bond donors (Lipinski definition) is 1. The fourth-order valence-electron chi connectivity index (χ4n) is 2.14. The summed E-state index contributed by atoms with van der Waals surface area (Å²) in [5.74, 6) is -1.63. The van der Waals surface area contributed by atoms with Gasteiger partial charge in [-0.25, -0.2) is 4.39 Å². The summed E-state index contributed by atoms with van der Waals surface area (Å²) in [6.45, 7) is 1.67. The summed E-state index contributed by atoms with van der Waals surface area (Å²) in [6.07, 6.45) is 1.90. The van der Waals surface area contributed by atoms with Gasteiger partial charge in [0.1, 0.15) is 0 Å². The van der Waals surface area contributed by atoms with E-state index in [1.807, 2.05) is 0 Å². The van der Waals surface area contributed by atoms with Gasteiger partial charge in [-0.2, -0.15) is 4.39 Å². The Morgan fingerprint density at radius 2 is 2.12 bits per heavy atom. The number of methoxy groups -OCH3 is 1. The van der Waals surface area contributed by atoms with Crippen molar-refractivity contribution in [3.05, 3.63) is 29.3 Å². The lowest BCUT2D eigenvalue weighted by Gasteiger charge is -2.23. The van der Waals surface area contributed by atoms with E-state index in [1.165, 1.54) is 13.2 Å². The Bertz CT molecular complexity index is 376. The molecule has 1 N–H and O–H groups in total. The van der Waals surface area contributed by atoms with Crippen LogP contribution in [0.3, 0.4) is 0 Å². The maximum Gasteiger partial charge on any atom is 0.200 e. The Balaban J connectivity index is 2.30. The van der Waals surface area contributed by atoms with E-state index < -0.39 is 11.6 Å². The van der Waals surface area contributed by atoms with E-state index in [9.17, 15) is 8.78 Å². The lowest BCUT2D eigenvalue weighted by Crippen LogP contribution is -2.29. The molecule has 4 heteroatoms. The number of rotatable bonds is 2. The van der Waals surface area contributed by atoms with Crippen molar-refractivity contribution in [2.45, 2.75) is 18.8 Å². The maximum absolute atomic E-state index is 13.8. The Morgan fingerprint density at radius 1 is 1.31 bits per heavy atom. The van der Waals surface area contributed by atoms with E-state index >= 15 is 0 Å². The van der Waals surface area contributed by atoms with Gasteiger partial charge in [0.05, 0.1) is 7.11 Å². The molecule has 0 bridgehead atoms. The lowest BCUT2D eigenvalue weighted by molar-refractivity contribution is 0.365. The van der Waals surface area contributed by atoms with Crippen LogP contribution in [0.4, 0.5) is 8.78 Å². The molecule has 2 rings (SSSR count). The van der Waals surface area contributed by atoms with Crippen molar-refractivity contribution in [2.24, 2.45) is 0 Å². The molecule has 0 radical (unpaired) electrons. The number of benzene rings is 1. The molecule has 2 nitrogen and oxygen atoms in total. The summed E-state index contributed by atoms with van der Waals surface area (Å²) < 4.78 is 32.0. The van der Waals surface area contributed by atoms with Gasteiger partial charge in [-0.1, -0.05) is 6.07 Å². The van der Waals surface area contributed by atoms with Crippen LogP contribution in [0.1, 0.15) is 24.3 Å². The number of nitrogens with one attached hydrogen (secondary N) is 1. The van der Waals surface area contributed by atoms with Crippen molar-refractivity contribution in [1.29, 1.82) is 0 Å². The average molecular weight is 227 g/mol. The zero-order valence-corrected chi connectivity index (χ0v) is 9.22. The molecule has 0 aliphatic carbocycles. The fraction of sp³-hybridized carbons (Fsp3) is 0.500. The first kappa shape index (κ1) is 11.3. The quantitative estimate of drug-likeness (QED) is 0.837. The van der Waals surface area contributed by atoms with Gasteiger partial charge in [0.15, 0.2) is 11.6 Å². The van der Waals surface area contributed by atoms with E-state index in [2.05, 4.69) is 5.32 Å². The molecule has 88 valence electrons. The minimum atomic E-state index is -0.884. The average Bonchev–Trinajstić information content (AvgIpc) is 2.34. The van der Waals surface area contributed by atoms with Gasteiger partial charge in [-0.15, -0.1) is 0 Å². The van der Waals surface area contributed by atoms with E-state index in [1.54, 1.807) is 6.07 Å². The second-order valence-electron chi connectivity index (χ2n) is 4.03. The lowest BCUT2D eigenvalue weighted by atomic mass is 9.91. The topological polar surface area (TPSA) is 21.3 Å². The van der Waals surface area contributed by atoms with Crippen molar-refractivity contribution in [3.63, 3.8) is 0 Å². The molecule has 1 saturated heterocycles. The zero-order valence-electron chi connectivity index (χ0n) is 9.22. The van der Waals surface area contributed by atoms with Gasteiger partial charge in [0, 0.05) is 6.54 Å². The molecule has 0 amide bonds. The van der Waals surface area contributed by atoms with Crippen LogP contribution in [0.2, 0.25) is 0 Å². The second kappa shape index (κ2) is 4.78. The third-order valence-electron chi connectivity index (χ3n) is 3.03. The van der Waals surface area contributed by atoms with Crippen molar-refractivity contribution < 1.29 is 13.5 Å². The highest BCUT2D eigenvalue weighted by atomic mass is 19.2. The summed E-state index contributed by atoms with van der Waals surface area (Å²) in [4.78, 5) is 0. The van der Waals surface area contributed by atoms with Crippen molar-refractivity contribution in [1.82, 2.24) is 5.32 Å². The molecule has 0 saturated carbocycles. The molecule has 0 aromatic heterocycles. The minimum Gasteiger partial charge on any atom is -0.494 e. The predicted octanol–water partition coefficient (Wildman–Crippen LogP) is 2.44. The molecular weight excluding hydrogens is 212 g/mol. The standard InChI is InChI=1S/C12H15F2NO/c1-16-10-5-4-9(11(13)12(10)14)8-3-2-6-15-7-8/h4-5,8,15H,2-3,6-7H2,1H3/t8-/m1/s1. The van der Waals surface area contributed by atoms with E-state index in [-0.39, 0.29) is 11.7 Å². The molecule has 1 aromatic carbocycles. The van der Waals surface area contributed by atoms with Crippen molar-refractivity contribution in [3.8, 4) is 5.75 Å². The second-order valence-corrected chi connectivity index (χ2v) is 4.03. The smallest absolute Gasteiger partial charge is 0.200 e. The Labute approximate surface area is 93.6 Å². The van der Waals surface area contributed by atoms with Gasteiger partial charge in [-0.3, -0.25) is 0 Å². The van der Waals surface area contributed by atoms with Crippen LogP contribution in [0.25, 0.3) is 0 Å². The number of halogens is 2. The van der Waals surface area contributed by atoms with E-state index in [0.717, 1.165) is 19.4 Å². The SMILES string of the molecule is COc1ccc([C@@H]2CCCNC2)c(F)c1F. The minimum absolute atomic E-state index is 0.0370. The molecule has 0 spiro atoms. The highest BCUT2D eigenvalue weighted by molar-refractivity contribution is 5.33. The highest BCUT2D eigenvalue weighted by Crippen LogP contribution is 2.30. The number of ether oxygens (including phenoxy) is 1. The van der Waals surface area contributed by atoms with Crippen LogP contribution in [-0.2, 0) is 0 Å². The Kier molecular flexibility index (Phi) is 3.39. The Morgan fingerprint density at radius 3 is 2.75 bits per heavy atom. The Hall–Kier alpha value is -1.16. The van der Waals surface area contributed by atoms with Gasteiger partial charge in [0.2, 0.25) is 5.82 Å². The fourth-order valence-corrected chi connectivity index (χ4v) is 2.14. The molecule has 1 aliphatic heterocycles. The maximum atomic E-state index is 13.8. The molecular formula is C12H15F2NO. The van der Waals surface area contributed by atoms with Crippen LogP contribution in [0.5, 0.6) is 5.75 Å². The summed E-state index contributed by atoms with van der Waals surface area (Å²) in [6, 6.07) is 3.11. The van der Waals surface area contributed by atoms with Crippen LogP contribution < -0.4 is 10.1 Å². The van der Waals surface area contributed by atoms with Crippen molar-refractivity contribution >= 4 is 0 Å². The van der Waals surface area contributed by atoms with Crippen LogP contribution in [0, 0.1) is 11.6 Å². The molecule has 1 heterocycles. The van der Waals surface area contributed by atoms with E-state index in [4.69, 9.17) is 4.74 Å². The molecule has 16 heavy (non-hydrogen) atoms. The van der Waals surface area contributed by atoms with Gasteiger partial charge < -0.3 is 10.1 Å². The molecule has 1 aromatic rings. The van der Waals surface area contributed by atoms with Crippen molar-refractivity contribution in [2.75, 3.05) is 20.2 Å². The first-order valence-electron chi connectivity index (χ1n) is 5.46. The third kappa shape index (κ3) is 2.02. The van der Waals surface area contributed by atoms with Gasteiger partial charge in [0.25, 0.3) is 0 Å². The highest BCUT2D eigenvalue weighted by Gasteiger charge is 2.22. The first-order valence-corrected chi connectivity index (χ1v) is 5.46. The molecule has 1 atom stereocenters. The predicted molar refractivity (Wildman–Crippen MR) is 57.8 cm³/mol. The zero-order chi connectivity index (χ0) is 11.5. The van der Waals surface area contributed by atoms with Gasteiger partial charge in [-0.05, 0) is 36.9 Å². The largest absolute Gasteiger partial charge is 0.494 e. The molecule has 1 aliphatic rings. The summed E-state index contributed by atoms with van der Waals surface area (Å²) in [7, 11) is 1.33. The van der Waals surface area contributed by atoms with Crippen LogP contribution in [0.15, 0.2) is 12.1 Å². The summed E-state index contributed by atoms with van der Waals surface area (Å²) >= 11 is 0. The normalized spacial score (nSPS) is 20.8. The monoisotopic (exact) mass is 227 g/mol.